The van der Waals surface area contributed by atoms with Gasteiger partial charge in [-0.15, -0.1) is 0 Å². The van der Waals surface area contributed by atoms with E-state index < -0.39 is 12.0 Å². The maximum absolute atomic E-state index is 10.6. The van der Waals surface area contributed by atoms with Crippen LogP contribution in [0.2, 0.25) is 0 Å². The number of aliphatic carboxylic acids is 1. The minimum absolute atomic E-state index is 0.425. The summed E-state index contributed by atoms with van der Waals surface area (Å²) in [6.07, 6.45) is 0. The van der Waals surface area contributed by atoms with E-state index in [4.69, 9.17) is 5.11 Å². The van der Waals surface area contributed by atoms with E-state index in [1.54, 1.807) is 18.8 Å². The molecular weight excluding hydrogens is 186 g/mol. The maximum Gasteiger partial charge on any atom is 0.321 e. The van der Waals surface area contributed by atoms with E-state index in [0.29, 0.717) is 16.9 Å². The van der Waals surface area contributed by atoms with Gasteiger partial charge in [0.25, 0.3) is 0 Å². The largest absolute Gasteiger partial charge is 0.480 e. The second kappa shape index (κ2) is 6.27. The molecule has 0 saturated carbocycles. The Morgan fingerprint density at radius 3 is 2.31 bits per heavy atom. The normalized spacial score (nSPS) is 15.8. The average Bonchev–Trinajstić information content (AvgIpc) is 2.04. The maximum atomic E-state index is 10.6. The monoisotopic (exact) mass is 205 g/mol. The standard InChI is InChI=1S/C9H19NO2S/c1-6(2)7(3)13-5-8(10-4)9(11)12/h6-8,10H,5H2,1-4H3,(H,11,12). The summed E-state index contributed by atoms with van der Waals surface area (Å²) in [5.41, 5.74) is 0. The summed E-state index contributed by atoms with van der Waals surface area (Å²) in [5.74, 6) is 0.452. The molecule has 0 spiro atoms. The lowest BCUT2D eigenvalue weighted by Crippen LogP contribution is -2.36. The van der Waals surface area contributed by atoms with Crippen molar-refractivity contribution in [2.75, 3.05) is 12.8 Å². The van der Waals surface area contributed by atoms with Gasteiger partial charge in [-0.05, 0) is 13.0 Å². The minimum atomic E-state index is -0.772. The minimum Gasteiger partial charge on any atom is -0.480 e. The zero-order valence-corrected chi connectivity index (χ0v) is 9.52. The molecule has 13 heavy (non-hydrogen) atoms. The van der Waals surface area contributed by atoms with Gasteiger partial charge in [0.2, 0.25) is 0 Å². The first-order valence-electron chi connectivity index (χ1n) is 4.50. The zero-order chi connectivity index (χ0) is 10.4. The van der Waals surface area contributed by atoms with Crippen molar-refractivity contribution in [3.63, 3.8) is 0 Å². The topological polar surface area (TPSA) is 49.3 Å². The highest BCUT2D eigenvalue weighted by Crippen LogP contribution is 2.19. The molecule has 78 valence electrons. The van der Waals surface area contributed by atoms with Gasteiger partial charge >= 0.3 is 5.97 Å². The number of thioether (sulfide) groups is 1. The fraction of sp³-hybridized carbons (Fsp3) is 0.889. The van der Waals surface area contributed by atoms with Crippen LogP contribution in [-0.4, -0.2) is 35.2 Å². The molecule has 0 aliphatic heterocycles. The molecule has 4 heteroatoms. The Labute approximate surface area is 84.3 Å². The van der Waals surface area contributed by atoms with E-state index in [2.05, 4.69) is 26.1 Å². The average molecular weight is 205 g/mol. The lowest BCUT2D eigenvalue weighted by molar-refractivity contribution is -0.138. The Bertz CT molecular complexity index is 162. The number of likely N-dealkylation sites (N-methyl/N-ethyl adjacent to an activating group) is 1. The fourth-order valence-corrected chi connectivity index (χ4v) is 1.91. The second-order valence-corrected chi connectivity index (χ2v) is 4.87. The summed E-state index contributed by atoms with van der Waals surface area (Å²) >= 11 is 1.70. The Morgan fingerprint density at radius 1 is 1.46 bits per heavy atom. The van der Waals surface area contributed by atoms with Crippen LogP contribution in [0.15, 0.2) is 0 Å². The van der Waals surface area contributed by atoms with E-state index in [-0.39, 0.29) is 0 Å². The van der Waals surface area contributed by atoms with Crippen LogP contribution in [0.1, 0.15) is 20.8 Å². The van der Waals surface area contributed by atoms with Gasteiger partial charge < -0.3 is 10.4 Å². The van der Waals surface area contributed by atoms with E-state index >= 15 is 0 Å². The van der Waals surface area contributed by atoms with Crippen LogP contribution in [0, 0.1) is 5.92 Å². The molecule has 0 radical (unpaired) electrons. The van der Waals surface area contributed by atoms with E-state index in [0.717, 1.165) is 0 Å². The van der Waals surface area contributed by atoms with Crippen LogP contribution >= 0.6 is 11.8 Å². The molecule has 0 bridgehead atoms. The molecular formula is C9H19NO2S. The molecule has 2 unspecified atom stereocenters. The van der Waals surface area contributed by atoms with Crippen molar-refractivity contribution in [1.82, 2.24) is 5.32 Å². The van der Waals surface area contributed by atoms with Crippen LogP contribution in [0.4, 0.5) is 0 Å². The van der Waals surface area contributed by atoms with Crippen LogP contribution < -0.4 is 5.32 Å². The molecule has 0 aliphatic carbocycles. The third-order valence-corrected chi connectivity index (χ3v) is 3.71. The van der Waals surface area contributed by atoms with Crippen molar-refractivity contribution in [2.24, 2.45) is 5.92 Å². The SMILES string of the molecule is CNC(CSC(C)C(C)C)C(=O)O. The summed E-state index contributed by atoms with van der Waals surface area (Å²) < 4.78 is 0. The van der Waals surface area contributed by atoms with Crippen molar-refractivity contribution < 1.29 is 9.90 Å². The number of hydrogen-bond donors (Lipinski definition) is 2. The second-order valence-electron chi connectivity index (χ2n) is 3.46. The van der Waals surface area contributed by atoms with E-state index in [1.165, 1.54) is 0 Å². The van der Waals surface area contributed by atoms with Crippen LogP contribution in [0.3, 0.4) is 0 Å². The summed E-state index contributed by atoms with van der Waals surface area (Å²) in [6.45, 7) is 6.42. The third kappa shape index (κ3) is 5.16. The van der Waals surface area contributed by atoms with Crippen LogP contribution in [-0.2, 0) is 4.79 Å². The molecule has 3 nitrogen and oxygen atoms in total. The van der Waals surface area contributed by atoms with Crippen molar-refractivity contribution in [3.8, 4) is 0 Å². The van der Waals surface area contributed by atoms with E-state index in [9.17, 15) is 4.79 Å². The van der Waals surface area contributed by atoms with Gasteiger partial charge in [0.15, 0.2) is 0 Å². The summed E-state index contributed by atoms with van der Waals surface area (Å²) in [7, 11) is 1.68. The molecule has 0 aliphatic rings. The molecule has 0 aromatic carbocycles. The molecule has 2 atom stereocenters. The van der Waals surface area contributed by atoms with Crippen molar-refractivity contribution >= 4 is 17.7 Å². The number of carboxylic acid groups (broad SMARTS) is 1. The number of carbonyl (C=O) groups is 1. The quantitative estimate of drug-likeness (QED) is 0.689. The first-order valence-corrected chi connectivity index (χ1v) is 5.55. The van der Waals surface area contributed by atoms with Crippen LogP contribution in [0.25, 0.3) is 0 Å². The molecule has 2 N–H and O–H groups in total. The Morgan fingerprint density at radius 2 is 2.00 bits per heavy atom. The highest BCUT2D eigenvalue weighted by Gasteiger charge is 2.17. The zero-order valence-electron chi connectivity index (χ0n) is 8.70. The van der Waals surface area contributed by atoms with Gasteiger partial charge in [-0.3, -0.25) is 4.79 Å². The number of rotatable bonds is 6. The van der Waals surface area contributed by atoms with E-state index in [1.807, 2.05) is 0 Å². The van der Waals surface area contributed by atoms with Gasteiger partial charge in [-0.2, -0.15) is 11.8 Å². The highest BCUT2D eigenvalue weighted by atomic mass is 32.2. The highest BCUT2D eigenvalue weighted by molar-refractivity contribution is 7.99. The molecule has 0 heterocycles. The van der Waals surface area contributed by atoms with Crippen LogP contribution in [0.5, 0.6) is 0 Å². The molecule has 0 aromatic heterocycles. The predicted octanol–water partition coefficient (Wildman–Crippen LogP) is 1.44. The lowest BCUT2D eigenvalue weighted by Gasteiger charge is -2.17. The third-order valence-electron chi connectivity index (χ3n) is 2.11. The van der Waals surface area contributed by atoms with Crippen molar-refractivity contribution in [3.05, 3.63) is 0 Å². The van der Waals surface area contributed by atoms with Gasteiger partial charge in [0, 0.05) is 11.0 Å². The number of carboxylic acids is 1. The molecule has 0 saturated heterocycles. The first-order chi connectivity index (χ1) is 5.99. The van der Waals surface area contributed by atoms with Crippen molar-refractivity contribution in [1.29, 1.82) is 0 Å². The number of nitrogens with one attached hydrogen (secondary N) is 1. The molecule has 0 fully saturated rings. The van der Waals surface area contributed by atoms with Crippen molar-refractivity contribution in [2.45, 2.75) is 32.1 Å². The number of hydrogen-bond acceptors (Lipinski definition) is 3. The molecule has 0 rings (SSSR count). The summed E-state index contributed by atoms with van der Waals surface area (Å²) in [4.78, 5) is 10.6. The van der Waals surface area contributed by atoms with Gasteiger partial charge in [0.05, 0.1) is 0 Å². The Kier molecular flexibility index (Phi) is 6.16. The smallest absolute Gasteiger partial charge is 0.321 e. The predicted molar refractivity (Wildman–Crippen MR) is 57.2 cm³/mol. The lowest BCUT2D eigenvalue weighted by atomic mass is 10.2. The molecule has 0 aromatic rings. The summed E-state index contributed by atoms with van der Waals surface area (Å²) in [6, 6.07) is -0.425. The van der Waals surface area contributed by atoms with Gasteiger partial charge in [-0.25, -0.2) is 0 Å². The van der Waals surface area contributed by atoms with Gasteiger partial charge in [-0.1, -0.05) is 20.8 Å². The molecule has 0 amide bonds. The van der Waals surface area contributed by atoms with Gasteiger partial charge in [0.1, 0.15) is 6.04 Å². The first kappa shape index (κ1) is 12.8. The summed E-state index contributed by atoms with van der Waals surface area (Å²) in [5, 5.41) is 12.0. The Hall–Kier alpha value is -0.220. The fourth-order valence-electron chi connectivity index (χ4n) is 0.719. The Balaban J connectivity index is 3.78.